The van der Waals surface area contributed by atoms with Gasteiger partial charge in [-0.15, -0.1) is 10.2 Å². The van der Waals surface area contributed by atoms with E-state index >= 15 is 0 Å². The summed E-state index contributed by atoms with van der Waals surface area (Å²) in [4.78, 5) is 17.1. The van der Waals surface area contributed by atoms with Crippen LogP contribution in [0.5, 0.6) is 11.5 Å². The highest BCUT2D eigenvalue weighted by molar-refractivity contribution is 7.18. The lowest BCUT2D eigenvalue weighted by Crippen LogP contribution is -2.48. The number of amides is 1. The van der Waals surface area contributed by atoms with Gasteiger partial charge in [0.15, 0.2) is 11.5 Å². The minimum atomic E-state index is -2.12. The molecule has 222 valence electrons. The van der Waals surface area contributed by atoms with Crippen LogP contribution in [0.1, 0.15) is 63.6 Å². The number of carbonyl (C=O) groups is 1. The maximum Gasteiger partial charge on any atom is 0.257 e. The first kappa shape index (κ1) is 31.3. The van der Waals surface area contributed by atoms with E-state index in [2.05, 4.69) is 62.0 Å². The van der Waals surface area contributed by atoms with E-state index < -0.39 is 8.32 Å². The molecular weight excluding hydrogens is 565 g/mol. The molecule has 1 amide bonds. The Labute approximate surface area is 253 Å². The number of nitrogens with one attached hydrogen (secondary N) is 1. The third kappa shape index (κ3) is 7.06. The van der Waals surface area contributed by atoms with Crippen LogP contribution in [-0.4, -0.2) is 43.1 Å². The Morgan fingerprint density at radius 3 is 2.17 bits per heavy atom. The van der Waals surface area contributed by atoms with E-state index in [1.54, 1.807) is 37.7 Å². The molecule has 0 aliphatic rings. The van der Waals surface area contributed by atoms with Crippen molar-refractivity contribution in [1.82, 2.24) is 15.2 Å². The van der Waals surface area contributed by atoms with Gasteiger partial charge in [0, 0.05) is 23.5 Å². The highest BCUT2D eigenvalue weighted by Gasteiger charge is 2.45. The maximum atomic E-state index is 13.1. The zero-order valence-corrected chi connectivity index (χ0v) is 27.1. The van der Waals surface area contributed by atoms with E-state index in [4.69, 9.17) is 13.9 Å². The number of ether oxygens (including phenoxy) is 2. The largest absolute Gasteiger partial charge is 0.493 e. The van der Waals surface area contributed by atoms with E-state index in [-0.39, 0.29) is 12.0 Å². The Hall–Kier alpha value is -3.60. The SMILES string of the molecule is COc1cc(C(=O)Nc2nnc(-c3ccncc3)s2)ccc1OC(CO[Si](C(C)C)(C(C)C)C(C)C)c1ccccc1. The smallest absolute Gasteiger partial charge is 0.257 e. The zero-order valence-electron chi connectivity index (χ0n) is 25.3. The van der Waals surface area contributed by atoms with Gasteiger partial charge in [-0.25, -0.2) is 0 Å². The van der Waals surface area contributed by atoms with Gasteiger partial charge in [-0.2, -0.15) is 0 Å². The van der Waals surface area contributed by atoms with E-state index in [1.165, 1.54) is 11.3 Å². The standard InChI is InChI=1S/C32H40N4O4SSi/c1-21(2)42(22(3)4,23(5)6)39-20-29(24-11-9-8-10-12-24)40-27-14-13-26(19-28(27)38-7)30(37)34-32-36-35-31(41-32)25-15-17-33-18-16-25/h8-19,21-23,29H,20H2,1-7H3,(H,34,36,37). The van der Waals surface area contributed by atoms with Crippen LogP contribution in [0.2, 0.25) is 16.6 Å². The molecule has 2 aromatic heterocycles. The van der Waals surface area contributed by atoms with Crippen LogP contribution in [0.3, 0.4) is 0 Å². The molecule has 0 fully saturated rings. The van der Waals surface area contributed by atoms with Gasteiger partial charge in [0.1, 0.15) is 11.1 Å². The average molecular weight is 605 g/mol. The molecule has 4 aromatic rings. The average Bonchev–Trinajstić information content (AvgIpc) is 3.45. The highest BCUT2D eigenvalue weighted by atomic mass is 32.1. The van der Waals surface area contributed by atoms with Crippen LogP contribution < -0.4 is 14.8 Å². The van der Waals surface area contributed by atoms with Gasteiger partial charge in [-0.3, -0.25) is 15.1 Å². The number of benzene rings is 2. The molecule has 2 heterocycles. The Morgan fingerprint density at radius 1 is 0.881 bits per heavy atom. The van der Waals surface area contributed by atoms with Crippen molar-refractivity contribution in [2.75, 3.05) is 19.0 Å². The van der Waals surface area contributed by atoms with Crippen molar-refractivity contribution >= 4 is 30.7 Å². The van der Waals surface area contributed by atoms with Crippen molar-refractivity contribution < 1.29 is 18.7 Å². The van der Waals surface area contributed by atoms with Gasteiger partial charge in [-0.1, -0.05) is 83.2 Å². The molecule has 1 N–H and O–H groups in total. The summed E-state index contributed by atoms with van der Waals surface area (Å²) in [6.07, 6.45) is 3.03. The number of aromatic nitrogens is 3. The normalized spacial score (nSPS) is 12.5. The van der Waals surface area contributed by atoms with Gasteiger partial charge in [0.05, 0.1) is 13.7 Å². The Kier molecular flexibility index (Phi) is 10.5. The van der Waals surface area contributed by atoms with Crippen LogP contribution >= 0.6 is 11.3 Å². The molecule has 4 rings (SSSR count). The number of methoxy groups -OCH3 is 1. The summed E-state index contributed by atoms with van der Waals surface area (Å²) in [5.74, 6) is 0.675. The van der Waals surface area contributed by atoms with Gasteiger partial charge in [-0.05, 0) is 52.5 Å². The third-order valence-electron chi connectivity index (χ3n) is 7.63. The lowest BCUT2D eigenvalue weighted by atomic mass is 10.1. The van der Waals surface area contributed by atoms with Crippen molar-refractivity contribution in [3.8, 4) is 22.1 Å². The second-order valence-corrected chi connectivity index (χ2v) is 17.6. The molecule has 8 nitrogen and oxygen atoms in total. The molecule has 0 saturated heterocycles. The van der Waals surface area contributed by atoms with E-state index in [0.717, 1.165) is 11.1 Å². The number of carbonyl (C=O) groups excluding carboxylic acids is 1. The number of hydrogen-bond acceptors (Lipinski definition) is 8. The second kappa shape index (κ2) is 14.0. The lowest BCUT2D eigenvalue weighted by molar-refractivity contribution is 0.102. The number of rotatable bonds is 13. The van der Waals surface area contributed by atoms with E-state index in [1.807, 2.05) is 42.5 Å². The lowest BCUT2D eigenvalue weighted by Gasteiger charge is -2.43. The summed E-state index contributed by atoms with van der Waals surface area (Å²) in [7, 11) is -0.553. The van der Waals surface area contributed by atoms with E-state index in [9.17, 15) is 4.79 Å². The fraction of sp³-hybridized carbons (Fsp3) is 0.375. The first-order valence-electron chi connectivity index (χ1n) is 14.2. The maximum absolute atomic E-state index is 13.1. The van der Waals surface area contributed by atoms with Crippen molar-refractivity contribution in [1.29, 1.82) is 0 Å². The van der Waals surface area contributed by atoms with Crippen molar-refractivity contribution in [2.24, 2.45) is 0 Å². The minimum absolute atomic E-state index is 0.318. The monoisotopic (exact) mass is 604 g/mol. The quantitative estimate of drug-likeness (QED) is 0.154. The van der Waals surface area contributed by atoms with Gasteiger partial charge < -0.3 is 13.9 Å². The van der Waals surface area contributed by atoms with Crippen molar-refractivity contribution in [3.05, 3.63) is 84.2 Å². The summed E-state index contributed by atoms with van der Waals surface area (Å²) in [6, 6.07) is 18.9. The molecule has 0 bridgehead atoms. The molecule has 1 unspecified atom stereocenters. The molecular formula is C32H40N4O4SSi. The zero-order chi connectivity index (χ0) is 30.3. The number of nitrogens with zero attached hydrogens (tertiary/aromatic N) is 3. The van der Waals surface area contributed by atoms with Crippen LogP contribution in [-0.2, 0) is 4.43 Å². The summed E-state index contributed by atoms with van der Waals surface area (Å²) in [5, 5.41) is 12.2. The van der Waals surface area contributed by atoms with Crippen LogP contribution in [0.15, 0.2) is 73.1 Å². The molecule has 0 spiro atoms. The summed E-state index contributed by atoms with van der Waals surface area (Å²) in [5.41, 5.74) is 3.68. The summed E-state index contributed by atoms with van der Waals surface area (Å²) >= 11 is 1.29. The van der Waals surface area contributed by atoms with Crippen LogP contribution in [0.25, 0.3) is 10.6 Å². The van der Waals surface area contributed by atoms with E-state index in [0.29, 0.717) is 50.4 Å². The molecule has 10 heteroatoms. The van der Waals surface area contributed by atoms with Crippen molar-refractivity contribution in [3.63, 3.8) is 0 Å². The minimum Gasteiger partial charge on any atom is -0.493 e. The fourth-order valence-corrected chi connectivity index (χ4v) is 11.9. The van der Waals surface area contributed by atoms with Crippen molar-refractivity contribution in [2.45, 2.75) is 64.3 Å². The molecule has 2 aromatic carbocycles. The first-order valence-corrected chi connectivity index (χ1v) is 17.2. The highest BCUT2D eigenvalue weighted by Crippen LogP contribution is 2.43. The topological polar surface area (TPSA) is 95.5 Å². The van der Waals surface area contributed by atoms with Gasteiger partial charge in [0.25, 0.3) is 5.91 Å². The number of hydrogen-bond donors (Lipinski definition) is 1. The molecule has 0 saturated carbocycles. The predicted octanol–water partition coefficient (Wildman–Crippen LogP) is 8.17. The number of pyridine rings is 1. The molecule has 0 radical (unpaired) electrons. The van der Waals surface area contributed by atoms with Crippen LogP contribution in [0.4, 0.5) is 5.13 Å². The first-order chi connectivity index (χ1) is 20.1. The molecule has 0 aliphatic heterocycles. The number of anilines is 1. The third-order valence-corrected chi connectivity index (χ3v) is 14.6. The molecule has 42 heavy (non-hydrogen) atoms. The molecule has 1 atom stereocenters. The Bertz CT molecular complexity index is 1430. The fourth-order valence-electron chi connectivity index (χ4n) is 5.70. The molecule has 0 aliphatic carbocycles. The predicted molar refractivity (Wildman–Crippen MR) is 171 cm³/mol. The van der Waals surface area contributed by atoms with Gasteiger partial charge in [0.2, 0.25) is 13.4 Å². The Balaban J connectivity index is 1.54. The Morgan fingerprint density at radius 2 is 1.55 bits per heavy atom. The van der Waals surface area contributed by atoms with Crippen LogP contribution in [0, 0.1) is 0 Å². The van der Waals surface area contributed by atoms with Gasteiger partial charge >= 0.3 is 0 Å². The summed E-state index contributed by atoms with van der Waals surface area (Å²) < 4.78 is 19.2. The summed E-state index contributed by atoms with van der Waals surface area (Å²) in [6.45, 7) is 14.1. The second-order valence-electron chi connectivity index (χ2n) is 11.1.